The average Bonchev–Trinajstić information content (AvgIpc) is 3.21. The largest absolute Gasteiger partial charge is 0.459 e. The molecular formula is C17H16BrN3O2S2. The number of carbonyl (C=O) groups excluding carboxylic acids is 1. The predicted molar refractivity (Wildman–Crippen MR) is 104 cm³/mol. The highest BCUT2D eigenvalue weighted by atomic mass is 79.9. The van der Waals surface area contributed by atoms with Crippen molar-refractivity contribution in [2.75, 3.05) is 5.75 Å². The summed E-state index contributed by atoms with van der Waals surface area (Å²) in [6, 6.07) is 6.00. The number of aromatic nitrogens is 3. The van der Waals surface area contributed by atoms with Gasteiger partial charge in [-0.25, -0.2) is 4.98 Å². The highest BCUT2D eigenvalue weighted by Gasteiger charge is 2.10. The van der Waals surface area contributed by atoms with Crippen LogP contribution in [0.15, 0.2) is 45.3 Å². The van der Waals surface area contributed by atoms with Crippen LogP contribution in [0.1, 0.15) is 11.3 Å². The second kappa shape index (κ2) is 8.16. The molecule has 2 aromatic heterocycles. The van der Waals surface area contributed by atoms with Gasteiger partial charge in [-0.2, -0.15) is 5.10 Å². The van der Waals surface area contributed by atoms with E-state index in [0.717, 1.165) is 31.2 Å². The van der Waals surface area contributed by atoms with Crippen LogP contribution in [0.3, 0.4) is 0 Å². The van der Waals surface area contributed by atoms with Crippen molar-refractivity contribution < 1.29 is 9.53 Å². The second-order valence-electron chi connectivity index (χ2n) is 5.41. The Bertz CT molecular complexity index is 892. The van der Waals surface area contributed by atoms with Crippen molar-refractivity contribution in [1.29, 1.82) is 0 Å². The van der Waals surface area contributed by atoms with Gasteiger partial charge in [-0.3, -0.25) is 9.48 Å². The van der Waals surface area contributed by atoms with E-state index >= 15 is 0 Å². The highest BCUT2D eigenvalue weighted by molar-refractivity contribution is 9.10. The summed E-state index contributed by atoms with van der Waals surface area (Å²) in [7, 11) is 1.87. The zero-order valence-electron chi connectivity index (χ0n) is 13.7. The summed E-state index contributed by atoms with van der Waals surface area (Å²) in [5, 5.41) is 6.91. The zero-order chi connectivity index (χ0) is 17.8. The van der Waals surface area contributed by atoms with Gasteiger partial charge in [0.1, 0.15) is 11.6 Å². The Labute approximate surface area is 162 Å². The molecule has 130 valence electrons. The molecule has 8 heteroatoms. The number of thiazole rings is 1. The van der Waals surface area contributed by atoms with E-state index in [0.29, 0.717) is 0 Å². The Morgan fingerprint density at radius 2 is 2.28 bits per heavy atom. The summed E-state index contributed by atoms with van der Waals surface area (Å²) in [4.78, 5) is 17.5. The van der Waals surface area contributed by atoms with Crippen molar-refractivity contribution in [3.63, 3.8) is 0 Å². The summed E-state index contributed by atoms with van der Waals surface area (Å²) in [5.41, 5.74) is 2.85. The standard InChI is InChI=1S/C17H16BrN3O2S2/c1-11-5-13(18)3-4-15(11)24-10-16(22)23-8-14-9-25-17(20-14)12-6-19-21(2)7-12/h3-7,9H,8,10H2,1-2H3. The monoisotopic (exact) mass is 437 g/mol. The SMILES string of the molecule is Cc1cc(Br)ccc1SCC(=O)OCc1csc(-c2cnn(C)c2)n1. The van der Waals surface area contributed by atoms with E-state index in [1.165, 1.54) is 23.1 Å². The molecule has 5 nitrogen and oxygen atoms in total. The molecule has 0 saturated carbocycles. The Balaban J connectivity index is 1.50. The Kier molecular flexibility index (Phi) is 5.93. The third-order valence-corrected chi connectivity index (χ3v) is 5.95. The molecule has 0 aliphatic carbocycles. The number of esters is 1. The summed E-state index contributed by atoms with van der Waals surface area (Å²) < 4.78 is 8.09. The molecule has 1 aromatic carbocycles. The minimum atomic E-state index is -0.247. The highest BCUT2D eigenvalue weighted by Crippen LogP contribution is 2.26. The predicted octanol–water partition coefficient (Wildman–Crippen LogP) is 4.45. The molecule has 0 saturated heterocycles. The molecule has 0 aliphatic heterocycles. The van der Waals surface area contributed by atoms with Gasteiger partial charge in [-0.1, -0.05) is 15.9 Å². The van der Waals surface area contributed by atoms with Crippen LogP contribution in [-0.2, 0) is 23.2 Å². The smallest absolute Gasteiger partial charge is 0.316 e. The Morgan fingerprint density at radius 3 is 3.00 bits per heavy atom. The second-order valence-corrected chi connectivity index (χ2v) is 8.20. The Morgan fingerprint density at radius 1 is 1.44 bits per heavy atom. The average molecular weight is 438 g/mol. The molecule has 0 fully saturated rings. The molecule has 0 bridgehead atoms. The minimum Gasteiger partial charge on any atom is -0.459 e. The van der Waals surface area contributed by atoms with Crippen molar-refractivity contribution in [1.82, 2.24) is 14.8 Å². The lowest BCUT2D eigenvalue weighted by Crippen LogP contribution is -2.07. The first-order valence-corrected chi connectivity index (χ1v) is 10.1. The van der Waals surface area contributed by atoms with E-state index in [2.05, 4.69) is 26.0 Å². The quantitative estimate of drug-likeness (QED) is 0.421. The van der Waals surface area contributed by atoms with E-state index < -0.39 is 0 Å². The van der Waals surface area contributed by atoms with Crippen LogP contribution in [0.5, 0.6) is 0 Å². The van der Waals surface area contributed by atoms with Crippen molar-refractivity contribution >= 4 is 45.0 Å². The minimum absolute atomic E-state index is 0.190. The molecule has 0 amide bonds. The van der Waals surface area contributed by atoms with Gasteiger partial charge in [-0.15, -0.1) is 23.1 Å². The maximum Gasteiger partial charge on any atom is 0.316 e. The van der Waals surface area contributed by atoms with Crippen LogP contribution < -0.4 is 0 Å². The van der Waals surface area contributed by atoms with Crippen molar-refractivity contribution in [3.8, 4) is 10.6 Å². The topological polar surface area (TPSA) is 57.0 Å². The molecule has 3 aromatic rings. The third-order valence-electron chi connectivity index (χ3n) is 3.37. The molecule has 3 rings (SSSR count). The van der Waals surface area contributed by atoms with Gasteiger partial charge in [0.15, 0.2) is 0 Å². The van der Waals surface area contributed by atoms with E-state index in [-0.39, 0.29) is 18.3 Å². The van der Waals surface area contributed by atoms with Gasteiger partial charge in [0.25, 0.3) is 0 Å². The molecular weight excluding hydrogens is 422 g/mol. The van der Waals surface area contributed by atoms with E-state index in [1.54, 1.807) is 10.9 Å². The molecule has 25 heavy (non-hydrogen) atoms. The number of carbonyl (C=O) groups is 1. The lowest BCUT2D eigenvalue weighted by atomic mass is 10.2. The lowest BCUT2D eigenvalue weighted by molar-refractivity contribution is -0.141. The molecule has 2 heterocycles. The van der Waals surface area contributed by atoms with E-state index in [1.807, 2.05) is 43.7 Å². The zero-order valence-corrected chi connectivity index (χ0v) is 16.9. The summed E-state index contributed by atoms with van der Waals surface area (Å²) in [5.74, 6) is 0.0328. The van der Waals surface area contributed by atoms with Crippen LogP contribution in [0.25, 0.3) is 10.6 Å². The van der Waals surface area contributed by atoms with Gasteiger partial charge in [0.05, 0.1) is 17.6 Å². The van der Waals surface area contributed by atoms with Crippen molar-refractivity contribution in [2.24, 2.45) is 7.05 Å². The number of thioether (sulfide) groups is 1. The van der Waals surface area contributed by atoms with Crippen LogP contribution in [0.4, 0.5) is 0 Å². The number of benzene rings is 1. The van der Waals surface area contributed by atoms with Gasteiger partial charge in [0, 0.05) is 33.6 Å². The first kappa shape index (κ1) is 18.2. The van der Waals surface area contributed by atoms with Gasteiger partial charge >= 0.3 is 5.97 Å². The van der Waals surface area contributed by atoms with Gasteiger partial charge in [0.2, 0.25) is 0 Å². The van der Waals surface area contributed by atoms with Crippen LogP contribution in [0.2, 0.25) is 0 Å². The van der Waals surface area contributed by atoms with E-state index in [9.17, 15) is 4.79 Å². The number of hydrogen-bond acceptors (Lipinski definition) is 6. The molecule has 0 radical (unpaired) electrons. The van der Waals surface area contributed by atoms with Crippen LogP contribution in [0, 0.1) is 6.92 Å². The van der Waals surface area contributed by atoms with Crippen LogP contribution >= 0.6 is 39.0 Å². The van der Waals surface area contributed by atoms with Crippen LogP contribution in [-0.4, -0.2) is 26.5 Å². The molecule has 0 N–H and O–H groups in total. The summed E-state index contributed by atoms with van der Waals surface area (Å²) in [6.45, 7) is 2.21. The molecule has 0 atom stereocenters. The summed E-state index contributed by atoms with van der Waals surface area (Å²) in [6.07, 6.45) is 3.68. The number of rotatable bonds is 6. The van der Waals surface area contributed by atoms with Gasteiger partial charge < -0.3 is 4.74 Å². The Hall–Kier alpha value is -1.64. The number of hydrogen-bond donors (Lipinski definition) is 0. The molecule has 0 aliphatic rings. The summed E-state index contributed by atoms with van der Waals surface area (Å²) >= 11 is 6.43. The number of halogens is 1. The fourth-order valence-electron chi connectivity index (χ4n) is 2.15. The fraction of sp³-hybridized carbons (Fsp3) is 0.235. The first-order valence-electron chi connectivity index (χ1n) is 7.49. The third kappa shape index (κ3) is 4.93. The normalized spacial score (nSPS) is 10.8. The molecule has 0 unspecified atom stereocenters. The number of ether oxygens (including phenoxy) is 1. The van der Waals surface area contributed by atoms with Gasteiger partial charge in [-0.05, 0) is 30.7 Å². The van der Waals surface area contributed by atoms with Crippen molar-refractivity contribution in [3.05, 3.63) is 51.7 Å². The van der Waals surface area contributed by atoms with Crippen molar-refractivity contribution in [2.45, 2.75) is 18.4 Å². The fourth-order valence-corrected chi connectivity index (χ4v) is 4.21. The lowest BCUT2D eigenvalue weighted by Gasteiger charge is -2.06. The number of nitrogens with zero attached hydrogens (tertiary/aromatic N) is 3. The molecule has 0 spiro atoms. The van der Waals surface area contributed by atoms with E-state index in [4.69, 9.17) is 4.74 Å². The maximum atomic E-state index is 12.0. The number of aryl methyl sites for hydroxylation is 2. The first-order chi connectivity index (χ1) is 12.0. The maximum absolute atomic E-state index is 12.0.